The van der Waals surface area contributed by atoms with Crippen molar-refractivity contribution in [2.24, 2.45) is 4.99 Å². The molecule has 228 valence electrons. The zero-order valence-electron chi connectivity index (χ0n) is 26.8. The first-order chi connectivity index (χ1) is 23.7. The zero-order valence-corrected chi connectivity index (χ0v) is 26.8. The molecule has 48 heavy (non-hydrogen) atoms. The highest BCUT2D eigenvalue weighted by Gasteiger charge is 2.17. The van der Waals surface area contributed by atoms with Gasteiger partial charge in [-0.25, -0.2) is 0 Å². The molecular formula is C46H34N2. The predicted molar refractivity (Wildman–Crippen MR) is 204 cm³/mol. The van der Waals surface area contributed by atoms with Crippen molar-refractivity contribution in [3.05, 3.63) is 193 Å². The first kappa shape index (κ1) is 29.3. The van der Waals surface area contributed by atoms with E-state index < -0.39 is 0 Å². The summed E-state index contributed by atoms with van der Waals surface area (Å²) in [5, 5.41) is 5.01. The van der Waals surface area contributed by atoms with Crippen molar-refractivity contribution < 1.29 is 0 Å². The van der Waals surface area contributed by atoms with E-state index in [4.69, 9.17) is 4.99 Å². The van der Waals surface area contributed by atoms with Crippen LogP contribution in [0.15, 0.2) is 187 Å². The van der Waals surface area contributed by atoms with Gasteiger partial charge in [0.15, 0.2) is 0 Å². The molecule has 0 fully saturated rings. The lowest BCUT2D eigenvalue weighted by Crippen LogP contribution is -1.99. The second-order valence-electron chi connectivity index (χ2n) is 12.1. The molecular weight excluding hydrogens is 581 g/mol. The number of fused-ring (bicyclic) bond motifs is 2. The van der Waals surface area contributed by atoms with Crippen molar-refractivity contribution in [1.29, 1.82) is 0 Å². The fraction of sp³-hybridized carbons (Fsp3) is 0.0435. The van der Waals surface area contributed by atoms with Gasteiger partial charge < -0.3 is 0 Å². The molecule has 0 saturated carbocycles. The number of aliphatic imine (C=N–C) groups is 1. The minimum absolute atomic E-state index is 0.833. The van der Waals surface area contributed by atoms with E-state index in [1.807, 2.05) is 24.4 Å². The standard InChI is InChI=1S/C46H34N2/c1-32(48-46(35-20-9-4-10-21-35)43-26-13-14-29-47-43)36-22-15-23-37(30-36)38-27-28-41-42(31-38)45(34-18-7-3-8-19-34)40-25-12-11-24-39(40)44(41)33-16-5-2-6-17-33/h2-20,22-31H,21H2,1H3/b46-35-,48-32?. The summed E-state index contributed by atoms with van der Waals surface area (Å²) in [6, 6.07) is 52.1. The summed E-state index contributed by atoms with van der Waals surface area (Å²) >= 11 is 0. The van der Waals surface area contributed by atoms with Crippen molar-refractivity contribution in [3.63, 3.8) is 0 Å². The van der Waals surface area contributed by atoms with E-state index in [-0.39, 0.29) is 0 Å². The molecule has 0 radical (unpaired) electrons. The lowest BCUT2D eigenvalue weighted by atomic mass is 9.85. The Morgan fingerprint density at radius 1 is 0.542 bits per heavy atom. The molecule has 0 aliphatic heterocycles. The molecule has 0 spiro atoms. The van der Waals surface area contributed by atoms with Crippen LogP contribution in [0.3, 0.4) is 0 Å². The summed E-state index contributed by atoms with van der Waals surface area (Å²) in [5.74, 6) is 0. The van der Waals surface area contributed by atoms with Crippen LogP contribution in [0.5, 0.6) is 0 Å². The molecule has 6 aromatic carbocycles. The maximum atomic E-state index is 5.21. The van der Waals surface area contributed by atoms with Gasteiger partial charge in [0, 0.05) is 11.9 Å². The molecule has 8 rings (SSSR count). The fourth-order valence-corrected chi connectivity index (χ4v) is 6.83. The molecule has 1 aliphatic carbocycles. The molecule has 2 heteroatoms. The first-order valence-corrected chi connectivity index (χ1v) is 16.5. The van der Waals surface area contributed by atoms with E-state index >= 15 is 0 Å². The molecule has 0 amide bonds. The van der Waals surface area contributed by atoms with Crippen LogP contribution < -0.4 is 0 Å². The van der Waals surface area contributed by atoms with Gasteiger partial charge in [-0.05, 0) is 104 Å². The van der Waals surface area contributed by atoms with Crippen LogP contribution in [0.2, 0.25) is 0 Å². The lowest BCUT2D eigenvalue weighted by Gasteiger charge is -2.19. The molecule has 7 aromatic rings. The van der Waals surface area contributed by atoms with Crippen LogP contribution >= 0.6 is 0 Å². The van der Waals surface area contributed by atoms with E-state index in [1.54, 1.807) is 0 Å². The number of pyridine rings is 1. The Morgan fingerprint density at radius 2 is 1.17 bits per heavy atom. The normalized spacial score (nSPS) is 14.1. The number of benzene rings is 6. The Kier molecular flexibility index (Phi) is 7.90. The number of hydrogen-bond acceptors (Lipinski definition) is 2. The van der Waals surface area contributed by atoms with Crippen molar-refractivity contribution in [2.75, 3.05) is 0 Å². The minimum Gasteiger partial charge on any atom is -0.255 e. The second kappa shape index (κ2) is 12.9. The summed E-state index contributed by atoms with van der Waals surface area (Å²) in [5.41, 5.74) is 12.3. The quantitative estimate of drug-likeness (QED) is 0.135. The molecule has 2 nitrogen and oxygen atoms in total. The summed E-state index contributed by atoms with van der Waals surface area (Å²) in [4.78, 5) is 9.86. The fourth-order valence-electron chi connectivity index (χ4n) is 6.83. The monoisotopic (exact) mass is 614 g/mol. The van der Waals surface area contributed by atoms with Crippen LogP contribution in [0.1, 0.15) is 24.6 Å². The highest BCUT2D eigenvalue weighted by Crippen LogP contribution is 2.44. The first-order valence-electron chi connectivity index (χ1n) is 16.5. The Balaban J connectivity index is 1.30. The number of hydrogen-bond donors (Lipinski definition) is 0. The Hall–Kier alpha value is -6.12. The third-order valence-corrected chi connectivity index (χ3v) is 9.14. The highest BCUT2D eigenvalue weighted by atomic mass is 14.8. The van der Waals surface area contributed by atoms with Gasteiger partial charge in [0.25, 0.3) is 0 Å². The van der Waals surface area contributed by atoms with Gasteiger partial charge in [-0.3, -0.25) is 9.98 Å². The minimum atomic E-state index is 0.833. The van der Waals surface area contributed by atoms with Gasteiger partial charge >= 0.3 is 0 Å². The number of rotatable bonds is 6. The molecule has 1 aliphatic rings. The summed E-state index contributed by atoms with van der Waals surface area (Å²) < 4.78 is 0. The number of aromatic nitrogens is 1. The van der Waals surface area contributed by atoms with E-state index in [9.17, 15) is 0 Å². The largest absolute Gasteiger partial charge is 0.255 e. The van der Waals surface area contributed by atoms with Gasteiger partial charge in [0.2, 0.25) is 0 Å². The Labute approximate surface area is 281 Å². The third kappa shape index (κ3) is 5.59. The van der Waals surface area contributed by atoms with Crippen molar-refractivity contribution in [1.82, 2.24) is 4.98 Å². The van der Waals surface area contributed by atoms with Crippen LogP contribution in [-0.4, -0.2) is 10.7 Å². The van der Waals surface area contributed by atoms with Crippen LogP contribution in [0.4, 0.5) is 0 Å². The predicted octanol–water partition coefficient (Wildman–Crippen LogP) is 12.1. The maximum absolute atomic E-state index is 5.21. The van der Waals surface area contributed by atoms with Crippen LogP contribution in [0, 0.1) is 0 Å². The Morgan fingerprint density at radius 3 is 1.83 bits per heavy atom. The van der Waals surface area contributed by atoms with Gasteiger partial charge in [0.05, 0.1) is 11.4 Å². The maximum Gasteiger partial charge on any atom is 0.0924 e. The smallest absolute Gasteiger partial charge is 0.0924 e. The topological polar surface area (TPSA) is 25.2 Å². The Bertz CT molecular complexity index is 2400. The average molecular weight is 615 g/mol. The van der Waals surface area contributed by atoms with Gasteiger partial charge in [0.1, 0.15) is 0 Å². The van der Waals surface area contributed by atoms with Crippen molar-refractivity contribution in [3.8, 4) is 33.4 Å². The van der Waals surface area contributed by atoms with Crippen LogP contribution in [-0.2, 0) is 0 Å². The summed E-state index contributed by atoms with van der Waals surface area (Å²) in [7, 11) is 0. The van der Waals surface area contributed by atoms with Crippen molar-refractivity contribution in [2.45, 2.75) is 13.3 Å². The zero-order chi connectivity index (χ0) is 32.3. The third-order valence-electron chi connectivity index (χ3n) is 9.14. The highest BCUT2D eigenvalue weighted by molar-refractivity contribution is 6.22. The molecule has 0 atom stereocenters. The molecule has 0 saturated heterocycles. The van der Waals surface area contributed by atoms with E-state index in [0.717, 1.165) is 40.2 Å². The average Bonchev–Trinajstić information content (AvgIpc) is 3.17. The molecule has 0 N–H and O–H groups in total. The number of nitrogens with zero attached hydrogens (tertiary/aromatic N) is 2. The van der Waals surface area contributed by atoms with Crippen molar-refractivity contribution >= 4 is 33.0 Å². The summed E-state index contributed by atoms with van der Waals surface area (Å²) in [6.07, 6.45) is 11.1. The molecule has 1 heterocycles. The lowest BCUT2D eigenvalue weighted by molar-refractivity contribution is 1.19. The number of allylic oxidation sites excluding steroid dienone is 5. The SMILES string of the molecule is CC(=N/C(=C1/C=CC=CC1)c1ccccn1)c1cccc(-c2ccc3c(-c4ccccc4)c4ccccc4c(-c4ccccc4)c3c2)c1. The van der Waals surface area contributed by atoms with Gasteiger partial charge in [-0.1, -0.05) is 146 Å². The molecule has 1 aromatic heterocycles. The van der Waals surface area contributed by atoms with Gasteiger partial charge in [-0.2, -0.15) is 0 Å². The van der Waals surface area contributed by atoms with E-state index in [1.165, 1.54) is 49.4 Å². The van der Waals surface area contributed by atoms with E-state index in [2.05, 4.69) is 164 Å². The molecule has 0 bridgehead atoms. The van der Waals surface area contributed by atoms with Crippen LogP contribution in [0.25, 0.3) is 60.6 Å². The van der Waals surface area contributed by atoms with E-state index in [0.29, 0.717) is 0 Å². The van der Waals surface area contributed by atoms with Gasteiger partial charge in [-0.15, -0.1) is 0 Å². The molecule has 0 unspecified atom stereocenters. The second-order valence-corrected chi connectivity index (χ2v) is 12.1. The summed E-state index contributed by atoms with van der Waals surface area (Å²) in [6.45, 7) is 2.09.